The maximum absolute atomic E-state index is 11.6. The molecule has 0 atom stereocenters. The molecule has 2 aromatic heterocycles. The third kappa shape index (κ3) is 2.77. The van der Waals surface area contributed by atoms with Gasteiger partial charge in [-0.05, 0) is 26.0 Å². The predicted molar refractivity (Wildman–Crippen MR) is 69.8 cm³/mol. The number of nitrogens with one attached hydrogen (secondary N) is 1. The van der Waals surface area contributed by atoms with Crippen molar-refractivity contribution in [3.8, 4) is 18.0 Å². The van der Waals surface area contributed by atoms with Crippen molar-refractivity contribution in [1.29, 1.82) is 0 Å². The summed E-state index contributed by atoms with van der Waals surface area (Å²) in [5.74, 6) is 1.98. The fraction of sp³-hybridized carbons (Fsp3) is 0.231. The van der Waals surface area contributed by atoms with Gasteiger partial charge in [0.05, 0.1) is 24.1 Å². The zero-order valence-electron chi connectivity index (χ0n) is 10.7. The van der Waals surface area contributed by atoms with Gasteiger partial charge < -0.3 is 5.32 Å². The van der Waals surface area contributed by atoms with Crippen molar-refractivity contribution in [1.82, 2.24) is 25.3 Å². The number of aromatic nitrogens is 4. The third-order valence-corrected chi connectivity index (χ3v) is 2.52. The molecule has 0 unspecified atom stereocenters. The highest BCUT2D eigenvalue weighted by Crippen LogP contribution is 2.11. The molecule has 0 aliphatic carbocycles. The van der Waals surface area contributed by atoms with Gasteiger partial charge in [0.15, 0.2) is 5.69 Å². The topological polar surface area (TPSA) is 72.7 Å². The number of terminal acetylenes is 1. The van der Waals surface area contributed by atoms with E-state index in [1.54, 1.807) is 6.20 Å². The Morgan fingerprint density at radius 1 is 1.47 bits per heavy atom. The number of aryl methyl sites for hydroxylation is 2. The first-order valence-electron chi connectivity index (χ1n) is 5.70. The molecule has 0 spiro atoms. The maximum Gasteiger partial charge on any atom is 0.274 e. The molecule has 2 aromatic rings. The molecule has 0 radical (unpaired) electrons. The molecule has 2 rings (SSSR count). The molecule has 6 heteroatoms. The quantitative estimate of drug-likeness (QED) is 0.817. The summed E-state index contributed by atoms with van der Waals surface area (Å²) in [5, 5.41) is 10.3. The Morgan fingerprint density at radius 2 is 2.26 bits per heavy atom. The molecule has 0 saturated carbocycles. The third-order valence-electron chi connectivity index (χ3n) is 2.52. The summed E-state index contributed by atoms with van der Waals surface area (Å²) in [7, 11) is 0. The van der Waals surface area contributed by atoms with Crippen molar-refractivity contribution in [2.24, 2.45) is 0 Å². The van der Waals surface area contributed by atoms with Gasteiger partial charge in [-0.15, -0.1) is 11.5 Å². The van der Waals surface area contributed by atoms with E-state index in [2.05, 4.69) is 26.5 Å². The fourth-order valence-corrected chi connectivity index (χ4v) is 1.63. The first kappa shape index (κ1) is 12.8. The van der Waals surface area contributed by atoms with Crippen LogP contribution >= 0.6 is 0 Å². The molecule has 0 saturated heterocycles. The Hall–Kier alpha value is -2.68. The Morgan fingerprint density at radius 3 is 2.95 bits per heavy atom. The molecule has 19 heavy (non-hydrogen) atoms. The Balaban J connectivity index is 2.26. The van der Waals surface area contributed by atoms with Crippen molar-refractivity contribution < 1.29 is 4.79 Å². The lowest BCUT2D eigenvalue weighted by atomic mass is 10.3. The summed E-state index contributed by atoms with van der Waals surface area (Å²) in [6.07, 6.45) is 6.62. The predicted octanol–water partition coefficient (Wildman–Crippen LogP) is 0.642. The number of nitrogens with zero attached hydrogens (tertiary/aromatic N) is 4. The summed E-state index contributed by atoms with van der Waals surface area (Å²) < 4.78 is 1.52. The van der Waals surface area contributed by atoms with Crippen molar-refractivity contribution in [3.63, 3.8) is 0 Å². The van der Waals surface area contributed by atoms with Crippen LogP contribution in [-0.4, -0.2) is 32.4 Å². The second-order valence-corrected chi connectivity index (χ2v) is 3.99. The summed E-state index contributed by atoms with van der Waals surface area (Å²) >= 11 is 0. The Bertz CT molecular complexity index is 653. The van der Waals surface area contributed by atoms with Crippen LogP contribution in [0.4, 0.5) is 0 Å². The van der Waals surface area contributed by atoms with E-state index in [9.17, 15) is 4.79 Å². The number of rotatable bonds is 3. The molecule has 6 nitrogen and oxygen atoms in total. The van der Waals surface area contributed by atoms with Crippen LogP contribution in [0, 0.1) is 26.2 Å². The lowest BCUT2D eigenvalue weighted by Gasteiger charge is -2.04. The number of amides is 1. The van der Waals surface area contributed by atoms with Crippen molar-refractivity contribution in [2.75, 3.05) is 6.54 Å². The monoisotopic (exact) mass is 255 g/mol. The molecule has 1 N–H and O–H groups in total. The normalized spacial score (nSPS) is 9.95. The van der Waals surface area contributed by atoms with Crippen LogP contribution in [0.2, 0.25) is 0 Å². The van der Waals surface area contributed by atoms with E-state index in [-0.39, 0.29) is 18.1 Å². The van der Waals surface area contributed by atoms with Gasteiger partial charge in [0.1, 0.15) is 0 Å². The van der Waals surface area contributed by atoms with E-state index in [0.717, 1.165) is 17.1 Å². The summed E-state index contributed by atoms with van der Waals surface area (Å²) in [6, 6.07) is 3.76. The smallest absolute Gasteiger partial charge is 0.274 e. The van der Waals surface area contributed by atoms with Gasteiger partial charge in [-0.25, -0.2) is 4.68 Å². The van der Waals surface area contributed by atoms with Crippen LogP contribution in [0.1, 0.15) is 21.9 Å². The van der Waals surface area contributed by atoms with Crippen LogP contribution in [0.25, 0.3) is 5.69 Å². The van der Waals surface area contributed by atoms with Gasteiger partial charge in [0, 0.05) is 5.69 Å². The SMILES string of the molecule is C#CCNC(=O)c1cn(-c2ccc(C)nc2C)nn1. The molecule has 2 heterocycles. The average Bonchev–Trinajstić information content (AvgIpc) is 2.85. The van der Waals surface area contributed by atoms with Crippen molar-refractivity contribution >= 4 is 5.91 Å². The van der Waals surface area contributed by atoms with Gasteiger partial charge in [0.25, 0.3) is 5.91 Å². The lowest BCUT2D eigenvalue weighted by Crippen LogP contribution is -2.23. The van der Waals surface area contributed by atoms with Crippen LogP contribution in [-0.2, 0) is 0 Å². The van der Waals surface area contributed by atoms with Gasteiger partial charge in [-0.1, -0.05) is 11.1 Å². The van der Waals surface area contributed by atoms with E-state index in [1.165, 1.54) is 4.68 Å². The second kappa shape index (κ2) is 5.31. The van der Waals surface area contributed by atoms with Gasteiger partial charge in [-0.2, -0.15) is 0 Å². The molecule has 0 fully saturated rings. The maximum atomic E-state index is 11.6. The van der Waals surface area contributed by atoms with Gasteiger partial charge >= 0.3 is 0 Å². The molecule has 96 valence electrons. The zero-order chi connectivity index (χ0) is 13.8. The minimum Gasteiger partial charge on any atom is -0.340 e. The number of hydrogen-bond donors (Lipinski definition) is 1. The highest BCUT2D eigenvalue weighted by atomic mass is 16.1. The van der Waals surface area contributed by atoms with Gasteiger partial charge in [-0.3, -0.25) is 9.78 Å². The van der Waals surface area contributed by atoms with Crippen molar-refractivity contribution in [2.45, 2.75) is 13.8 Å². The zero-order valence-corrected chi connectivity index (χ0v) is 10.7. The average molecular weight is 255 g/mol. The number of carbonyl (C=O) groups excluding carboxylic acids is 1. The molecular weight excluding hydrogens is 242 g/mol. The minimum atomic E-state index is -0.345. The van der Waals surface area contributed by atoms with E-state index in [0.29, 0.717) is 0 Å². The van der Waals surface area contributed by atoms with E-state index >= 15 is 0 Å². The fourth-order valence-electron chi connectivity index (χ4n) is 1.63. The molecule has 0 aliphatic heterocycles. The van der Waals surface area contributed by atoms with Crippen LogP contribution in [0.3, 0.4) is 0 Å². The standard InChI is InChI=1S/C13H13N5O/c1-4-7-14-13(19)11-8-18(17-16-11)12-6-5-9(2)15-10(12)3/h1,5-6,8H,7H2,2-3H3,(H,14,19). The highest BCUT2D eigenvalue weighted by molar-refractivity contribution is 5.92. The number of hydrogen-bond acceptors (Lipinski definition) is 4. The first-order chi connectivity index (χ1) is 9.11. The minimum absolute atomic E-state index is 0.164. The second-order valence-electron chi connectivity index (χ2n) is 3.99. The van der Waals surface area contributed by atoms with E-state index < -0.39 is 0 Å². The van der Waals surface area contributed by atoms with E-state index in [4.69, 9.17) is 6.42 Å². The Kier molecular flexibility index (Phi) is 3.57. The summed E-state index contributed by atoms with van der Waals surface area (Å²) in [5.41, 5.74) is 2.75. The molecular formula is C13H13N5O. The van der Waals surface area contributed by atoms with Crippen LogP contribution in [0.5, 0.6) is 0 Å². The Labute approximate surface area is 110 Å². The molecule has 0 bridgehead atoms. The molecule has 0 aromatic carbocycles. The number of carbonyl (C=O) groups is 1. The van der Waals surface area contributed by atoms with Crippen LogP contribution < -0.4 is 5.32 Å². The van der Waals surface area contributed by atoms with Crippen LogP contribution in [0.15, 0.2) is 18.3 Å². The largest absolute Gasteiger partial charge is 0.340 e. The number of pyridine rings is 1. The van der Waals surface area contributed by atoms with Crippen molar-refractivity contribution in [3.05, 3.63) is 35.4 Å². The highest BCUT2D eigenvalue weighted by Gasteiger charge is 2.11. The molecule has 0 aliphatic rings. The summed E-state index contributed by atoms with van der Waals surface area (Å²) in [4.78, 5) is 16.0. The van der Waals surface area contributed by atoms with Gasteiger partial charge in [0.2, 0.25) is 0 Å². The lowest BCUT2D eigenvalue weighted by molar-refractivity contribution is 0.0953. The first-order valence-corrected chi connectivity index (χ1v) is 5.70. The molecule has 1 amide bonds. The van der Waals surface area contributed by atoms with E-state index in [1.807, 2.05) is 26.0 Å². The summed E-state index contributed by atoms with van der Waals surface area (Å²) in [6.45, 7) is 3.95.